The number of rotatable bonds is 7. The van der Waals surface area contributed by atoms with Crippen LogP contribution in [0, 0.1) is 5.92 Å². The van der Waals surface area contributed by atoms with E-state index in [0.29, 0.717) is 19.0 Å². The summed E-state index contributed by atoms with van der Waals surface area (Å²) >= 11 is 5.90. The number of carbonyl (C=O) groups excluding carboxylic acids is 1. The Balaban J connectivity index is 2.93. The third kappa shape index (κ3) is 6.66. The van der Waals surface area contributed by atoms with Gasteiger partial charge in [0, 0.05) is 13.1 Å². The van der Waals surface area contributed by atoms with E-state index in [1.807, 2.05) is 19.9 Å². The van der Waals surface area contributed by atoms with Crippen LogP contribution in [-0.4, -0.2) is 37.4 Å². The molecule has 1 rings (SSSR count). The zero-order valence-corrected chi connectivity index (χ0v) is 14.8. The highest BCUT2D eigenvalue weighted by Gasteiger charge is 2.20. The first kappa shape index (κ1) is 18.8. The van der Waals surface area contributed by atoms with Gasteiger partial charge in [-0.05, 0) is 30.5 Å². The van der Waals surface area contributed by atoms with E-state index in [9.17, 15) is 13.2 Å². The lowest BCUT2D eigenvalue weighted by molar-refractivity contribution is -0.131. The van der Waals surface area contributed by atoms with Crippen molar-refractivity contribution >= 4 is 27.6 Å². The van der Waals surface area contributed by atoms with Crippen molar-refractivity contribution in [2.24, 2.45) is 5.92 Å². The van der Waals surface area contributed by atoms with Gasteiger partial charge in [-0.3, -0.25) is 4.79 Å². The average molecular weight is 348 g/mol. The average Bonchev–Trinajstić information content (AvgIpc) is 2.34. The Morgan fingerprint density at radius 3 is 2.45 bits per heavy atom. The smallest absolute Gasteiger partial charge is 0.306 e. The maximum absolute atomic E-state index is 12.2. The fourth-order valence-electron chi connectivity index (χ4n) is 2.02. The van der Waals surface area contributed by atoms with Crippen molar-refractivity contribution in [3.05, 3.63) is 29.8 Å². The highest BCUT2D eigenvalue weighted by molar-refractivity contribution is 7.86. The van der Waals surface area contributed by atoms with Crippen molar-refractivity contribution in [2.45, 2.75) is 32.7 Å². The summed E-state index contributed by atoms with van der Waals surface area (Å²) in [5, 5.41) is -0.603. The van der Waals surface area contributed by atoms with Crippen molar-refractivity contribution in [3.8, 4) is 5.75 Å². The number of hydrogen-bond donors (Lipinski definition) is 0. The quantitative estimate of drug-likeness (QED) is 0.562. The molecule has 0 saturated carbocycles. The van der Waals surface area contributed by atoms with Gasteiger partial charge in [-0.15, -0.1) is 11.6 Å². The van der Waals surface area contributed by atoms with Gasteiger partial charge >= 0.3 is 10.1 Å². The summed E-state index contributed by atoms with van der Waals surface area (Å²) in [5.41, 5.74) is 0.785. The first-order chi connectivity index (χ1) is 10.1. The van der Waals surface area contributed by atoms with E-state index in [2.05, 4.69) is 0 Å². The molecular formula is C15H22ClNO4S. The molecule has 0 heterocycles. The van der Waals surface area contributed by atoms with Crippen LogP contribution in [0.3, 0.4) is 0 Å². The number of amides is 1. The minimum atomic E-state index is -3.57. The lowest BCUT2D eigenvalue weighted by atomic mass is 10.1. The standard InChI is InChI=1S/C15H22ClNO4S/c1-11(2)9-17(15(18)12(3)16)10-13-6-5-7-14(8-13)21-22(4,19)20/h5-8,11-12H,9-10H2,1-4H3. The van der Waals surface area contributed by atoms with Crippen LogP contribution in [0.1, 0.15) is 26.3 Å². The Kier molecular flexibility index (Phi) is 6.68. The van der Waals surface area contributed by atoms with Gasteiger partial charge in [0.15, 0.2) is 0 Å². The number of carbonyl (C=O) groups is 1. The Bertz CT molecular complexity index is 614. The number of hydrogen-bond acceptors (Lipinski definition) is 4. The van der Waals surface area contributed by atoms with Gasteiger partial charge in [-0.25, -0.2) is 0 Å². The molecule has 0 fully saturated rings. The second-order valence-corrected chi connectivity index (χ2v) is 7.89. The molecule has 0 N–H and O–H groups in total. The van der Waals surface area contributed by atoms with Crippen molar-refractivity contribution in [2.75, 3.05) is 12.8 Å². The molecule has 0 aliphatic rings. The topological polar surface area (TPSA) is 63.7 Å². The van der Waals surface area contributed by atoms with Crippen molar-refractivity contribution in [1.82, 2.24) is 4.90 Å². The van der Waals surface area contributed by atoms with E-state index in [4.69, 9.17) is 15.8 Å². The largest absolute Gasteiger partial charge is 0.383 e. The van der Waals surface area contributed by atoms with E-state index in [-0.39, 0.29) is 11.7 Å². The van der Waals surface area contributed by atoms with Crippen molar-refractivity contribution in [1.29, 1.82) is 0 Å². The Hall–Kier alpha value is -1.27. The monoisotopic (exact) mass is 347 g/mol. The molecule has 0 aliphatic carbocycles. The van der Waals surface area contributed by atoms with Gasteiger partial charge in [0.2, 0.25) is 5.91 Å². The summed E-state index contributed by atoms with van der Waals surface area (Å²) in [4.78, 5) is 13.8. The minimum absolute atomic E-state index is 0.148. The second-order valence-electron chi connectivity index (χ2n) is 5.66. The van der Waals surface area contributed by atoms with Crippen molar-refractivity contribution in [3.63, 3.8) is 0 Å². The fourth-order valence-corrected chi connectivity index (χ4v) is 2.61. The Morgan fingerprint density at radius 1 is 1.32 bits per heavy atom. The van der Waals surface area contributed by atoms with E-state index in [1.54, 1.807) is 30.0 Å². The molecule has 1 aromatic carbocycles. The summed E-state index contributed by atoms with van der Waals surface area (Å²) in [6, 6.07) is 6.68. The fraction of sp³-hybridized carbons (Fsp3) is 0.533. The molecule has 1 atom stereocenters. The minimum Gasteiger partial charge on any atom is -0.383 e. The summed E-state index contributed by atoms with van der Waals surface area (Å²) in [6.07, 6.45) is 0.990. The van der Waals surface area contributed by atoms with Crippen LogP contribution in [-0.2, 0) is 21.5 Å². The van der Waals surface area contributed by atoms with Gasteiger partial charge in [-0.1, -0.05) is 26.0 Å². The molecule has 0 spiro atoms. The molecule has 22 heavy (non-hydrogen) atoms. The van der Waals surface area contributed by atoms with Crippen LogP contribution in [0.5, 0.6) is 5.75 Å². The number of nitrogens with zero attached hydrogens (tertiary/aromatic N) is 1. The van der Waals surface area contributed by atoms with Crippen LogP contribution in [0.4, 0.5) is 0 Å². The normalized spacial score (nSPS) is 13.0. The van der Waals surface area contributed by atoms with Gasteiger partial charge in [-0.2, -0.15) is 8.42 Å². The summed E-state index contributed by atoms with van der Waals surface area (Å²) in [5.74, 6) is 0.385. The molecule has 0 bridgehead atoms. The van der Waals surface area contributed by atoms with Crippen LogP contribution >= 0.6 is 11.6 Å². The molecule has 5 nitrogen and oxygen atoms in total. The van der Waals surface area contributed by atoms with Crippen LogP contribution < -0.4 is 4.18 Å². The molecule has 0 aliphatic heterocycles. The Labute approximate surface area is 137 Å². The first-order valence-corrected chi connectivity index (χ1v) is 9.25. The molecular weight excluding hydrogens is 326 g/mol. The molecule has 1 unspecified atom stereocenters. The number of benzene rings is 1. The van der Waals surface area contributed by atoms with Crippen molar-refractivity contribution < 1.29 is 17.4 Å². The molecule has 7 heteroatoms. The molecule has 124 valence electrons. The molecule has 0 aromatic heterocycles. The summed E-state index contributed by atoms with van der Waals surface area (Å²) in [6.45, 7) is 6.60. The van der Waals surface area contributed by atoms with E-state index in [1.165, 1.54) is 0 Å². The van der Waals surface area contributed by atoms with Gasteiger partial charge in [0.1, 0.15) is 11.1 Å². The molecule has 0 saturated heterocycles. The van der Waals surface area contributed by atoms with Crippen LogP contribution in [0.15, 0.2) is 24.3 Å². The van der Waals surface area contributed by atoms with Gasteiger partial charge in [0.25, 0.3) is 0 Å². The zero-order chi connectivity index (χ0) is 16.9. The lowest BCUT2D eigenvalue weighted by Gasteiger charge is -2.26. The Morgan fingerprint density at radius 2 is 1.95 bits per heavy atom. The third-order valence-corrected chi connectivity index (χ3v) is 3.44. The second kappa shape index (κ2) is 7.83. The summed E-state index contributed by atoms with van der Waals surface area (Å²) < 4.78 is 27.2. The highest BCUT2D eigenvalue weighted by Crippen LogP contribution is 2.18. The highest BCUT2D eigenvalue weighted by atomic mass is 35.5. The van der Waals surface area contributed by atoms with Crippen LogP contribution in [0.2, 0.25) is 0 Å². The molecule has 0 radical (unpaired) electrons. The van der Waals surface area contributed by atoms with Crippen LogP contribution in [0.25, 0.3) is 0 Å². The van der Waals surface area contributed by atoms with Gasteiger partial charge < -0.3 is 9.08 Å². The molecule has 1 amide bonds. The maximum atomic E-state index is 12.2. The predicted octanol–water partition coefficient (Wildman–Crippen LogP) is 2.64. The summed E-state index contributed by atoms with van der Waals surface area (Å²) in [7, 11) is -3.57. The molecule has 1 aromatic rings. The number of halogens is 1. The van der Waals surface area contributed by atoms with E-state index < -0.39 is 15.5 Å². The predicted molar refractivity (Wildman–Crippen MR) is 87.5 cm³/mol. The zero-order valence-electron chi connectivity index (χ0n) is 13.2. The SMILES string of the molecule is CC(C)CN(Cc1cccc(OS(C)(=O)=O)c1)C(=O)C(C)Cl. The first-order valence-electron chi connectivity index (χ1n) is 6.99. The third-order valence-electron chi connectivity index (χ3n) is 2.76. The van der Waals surface area contributed by atoms with Gasteiger partial charge in [0.05, 0.1) is 6.26 Å². The van der Waals surface area contributed by atoms with E-state index >= 15 is 0 Å². The van der Waals surface area contributed by atoms with E-state index in [0.717, 1.165) is 11.8 Å². The maximum Gasteiger partial charge on any atom is 0.306 e. The lowest BCUT2D eigenvalue weighted by Crippen LogP contribution is -2.37. The number of alkyl halides is 1.